The normalized spacial score (nSPS) is 26.2. The standard InChI is InChI=1S/C14H23N5O/c1-2-19-10-11(9-15-19)16-14(20)17-12-6-8-18-7-4-3-5-13(12)18/h9-10,12-13H,2-8H2,1H3,(H2,16,17,20)/t12-,13-/m0/s1. The second kappa shape index (κ2) is 5.83. The number of urea groups is 1. The Balaban J connectivity index is 1.53. The van der Waals surface area contributed by atoms with Gasteiger partial charge in [0.25, 0.3) is 0 Å². The first-order valence-electron chi connectivity index (χ1n) is 7.60. The molecule has 0 spiro atoms. The average molecular weight is 277 g/mol. The highest BCUT2D eigenvalue weighted by Crippen LogP contribution is 2.27. The Morgan fingerprint density at radius 3 is 3.10 bits per heavy atom. The molecule has 2 amide bonds. The fourth-order valence-electron chi connectivity index (χ4n) is 3.35. The maximum atomic E-state index is 12.1. The molecule has 3 heterocycles. The number of anilines is 1. The number of nitrogens with one attached hydrogen (secondary N) is 2. The summed E-state index contributed by atoms with van der Waals surface area (Å²) >= 11 is 0. The molecular weight excluding hydrogens is 254 g/mol. The second-order valence-electron chi connectivity index (χ2n) is 5.68. The van der Waals surface area contributed by atoms with Crippen LogP contribution in [0.25, 0.3) is 0 Å². The number of fused-ring (bicyclic) bond motifs is 1. The highest BCUT2D eigenvalue weighted by molar-refractivity contribution is 5.89. The fourth-order valence-corrected chi connectivity index (χ4v) is 3.35. The van der Waals surface area contributed by atoms with E-state index in [1.165, 1.54) is 25.8 Å². The minimum absolute atomic E-state index is 0.113. The number of carbonyl (C=O) groups excluding carboxylic acids is 1. The Hall–Kier alpha value is -1.56. The number of rotatable bonds is 3. The third-order valence-corrected chi connectivity index (χ3v) is 4.39. The van der Waals surface area contributed by atoms with E-state index in [0.29, 0.717) is 6.04 Å². The van der Waals surface area contributed by atoms with Gasteiger partial charge in [0.1, 0.15) is 0 Å². The van der Waals surface area contributed by atoms with E-state index in [1.807, 2.05) is 13.1 Å². The number of hydrogen-bond acceptors (Lipinski definition) is 3. The molecule has 0 bridgehead atoms. The van der Waals surface area contributed by atoms with E-state index in [-0.39, 0.29) is 12.1 Å². The summed E-state index contributed by atoms with van der Waals surface area (Å²) in [4.78, 5) is 14.6. The van der Waals surface area contributed by atoms with Crippen LogP contribution in [0.4, 0.5) is 10.5 Å². The summed E-state index contributed by atoms with van der Waals surface area (Å²) in [7, 11) is 0. The molecule has 0 unspecified atom stereocenters. The number of hydrogen-bond donors (Lipinski definition) is 2. The lowest BCUT2D eigenvalue weighted by atomic mass is 9.99. The number of nitrogens with zero attached hydrogens (tertiary/aromatic N) is 3. The Labute approximate surface area is 119 Å². The van der Waals surface area contributed by atoms with E-state index in [4.69, 9.17) is 0 Å². The van der Waals surface area contributed by atoms with Gasteiger partial charge in [-0.3, -0.25) is 9.58 Å². The van der Waals surface area contributed by atoms with E-state index in [0.717, 1.165) is 25.2 Å². The van der Waals surface area contributed by atoms with Crippen molar-refractivity contribution in [2.24, 2.45) is 0 Å². The van der Waals surface area contributed by atoms with Gasteiger partial charge >= 0.3 is 6.03 Å². The van der Waals surface area contributed by atoms with E-state index in [2.05, 4.69) is 20.6 Å². The molecule has 1 aromatic rings. The molecule has 0 aromatic carbocycles. The lowest BCUT2D eigenvalue weighted by Crippen LogP contribution is -2.47. The molecule has 6 heteroatoms. The Kier molecular flexibility index (Phi) is 3.91. The zero-order chi connectivity index (χ0) is 13.9. The van der Waals surface area contributed by atoms with Gasteiger partial charge in [0.15, 0.2) is 0 Å². The summed E-state index contributed by atoms with van der Waals surface area (Å²) < 4.78 is 1.80. The van der Waals surface area contributed by atoms with E-state index in [9.17, 15) is 4.79 Å². The topological polar surface area (TPSA) is 62.2 Å². The molecule has 0 saturated carbocycles. The quantitative estimate of drug-likeness (QED) is 0.883. The van der Waals surface area contributed by atoms with E-state index < -0.39 is 0 Å². The monoisotopic (exact) mass is 277 g/mol. The van der Waals surface area contributed by atoms with Gasteiger partial charge in [-0.2, -0.15) is 5.10 Å². The Bertz CT molecular complexity index is 472. The van der Waals surface area contributed by atoms with Gasteiger partial charge in [-0.05, 0) is 32.7 Å². The van der Waals surface area contributed by atoms with Crippen LogP contribution in [0.1, 0.15) is 32.6 Å². The maximum absolute atomic E-state index is 12.1. The molecule has 0 aliphatic carbocycles. The summed E-state index contributed by atoms with van der Waals surface area (Å²) in [6, 6.07) is 0.711. The lowest BCUT2D eigenvalue weighted by Gasteiger charge is -2.32. The third-order valence-electron chi connectivity index (χ3n) is 4.39. The van der Waals surface area contributed by atoms with Gasteiger partial charge in [-0.15, -0.1) is 0 Å². The summed E-state index contributed by atoms with van der Waals surface area (Å²) in [6.45, 7) is 5.13. The van der Waals surface area contributed by atoms with E-state index in [1.54, 1.807) is 10.9 Å². The average Bonchev–Trinajstić information content (AvgIpc) is 3.06. The summed E-state index contributed by atoms with van der Waals surface area (Å²) in [5, 5.41) is 10.1. The highest BCUT2D eigenvalue weighted by atomic mass is 16.2. The highest BCUT2D eigenvalue weighted by Gasteiger charge is 2.36. The molecule has 110 valence electrons. The van der Waals surface area contributed by atoms with Gasteiger partial charge in [0.05, 0.1) is 11.9 Å². The maximum Gasteiger partial charge on any atom is 0.319 e. The molecule has 0 radical (unpaired) electrons. The molecular formula is C14H23N5O. The lowest BCUT2D eigenvalue weighted by molar-refractivity contribution is 0.180. The zero-order valence-corrected chi connectivity index (χ0v) is 12.0. The van der Waals surface area contributed by atoms with Crippen molar-refractivity contribution in [2.45, 2.75) is 51.2 Å². The van der Waals surface area contributed by atoms with Gasteiger partial charge < -0.3 is 10.6 Å². The van der Waals surface area contributed by atoms with Crippen molar-refractivity contribution in [3.63, 3.8) is 0 Å². The van der Waals surface area contributed by atoms with Crippen LogP contribution in [0, 0.1) is 0 Å². The van der Waals surface area contributed by atoms with Crippen LogP contribution in [-0.2, 0) is 6.54 Å². The number of carbonyl (C=O) groups is 1. The van der Waals surface area contributed by atoms with Crippen LogP contribution in [-0.4, -0.2) is 45.9 Å². The summed E-state index contributed by atoms with van der Waals surface area (Å²) in [5.41, 5.74) is 0.753. The molecule has 3 rings (SSSR count). The first-order chi connectivity index (χ1) is 9.76. The van der Waals surface area contributed by atoms with Gasteiger partial charge in [0.2, 0.25) is 0 Å². The summed E-state index contributed by atoms with van der Waals surface area (Å²) in [5.74, 6) is 0. The first-order valence-corrected chi connectivity index (χ1v) is 7.60. The molecule has 2 N–H and O–H groups in total. The van der Waals surface area contributed by atoms with Crippen molar-refractivity contribution in [3.05, 3.63) is 12.4 Å². The molecule has 6 nitrogen and oxygen atoms in total. The van der Waals surface area contributed by atoms with Gasteiger partial charge in [-0.25, -0.2) is 4.79 Å². The molecule has 2 saturated heterocycles. The van der Waals surface area contributed by atoms with Gasteiger partial charge in [-0.1, -0.05) is 6.42 Å². The largest absolute Gasteiger partial charge is 0.334 e. The Morgan fingerprint density at radius 2 is 2.30 bits per heavy atom. The molecule has 2 aliphatic heterocycles. The predicted octanol–water partition coefficient (Wildman–Crippen LogP) is 1.65. The van der Waals surface area contributed by atoms with Crippen molar-refractivity contribution in [1.29, 1.82) is 0 Å². The number of amides is 2. The first kappa shape index (κ1) is 13.4. The third kappa shape index (κ3) is 2.80. The summed E-state index contributed by atoms with van der Waals surface area (Å²) in [6.07, 6.45) is 8.38. The number of piperidine rings is 1. The van der Waals surface area contributed by atoms with E-state index >= 15 is 0 Å². The van der Waals surface area contributed by atoms with Crippen LogP contribution in [0.5, 0.6) is 0 Å². The molecule has 20 heavy (non-hydrogen) atoms. The van der Waals surface area contributed by atoms with Crippen molar-refractivity contribution >= 4 is 11.7 Å². The molecule has 1 aromatic heterocycles. The molecule has 2 atom stereocenters. The van der Waals surface area contributed by atoms with Crippen LogP contribution in [0.2, 0.25) is 0 Å². The van der Waals surface area contributed by atoms with Crippen LogP contribution in [0.3, 0.4) is 0 Å². The van der Waals surface area contributed by atoms with Crippen molar-refractivity contribution in [1.82, 2.24) is 20.0 Å². The van der Waals surface area contributed by atoms with Crippen molar-refractivity contribution < 1.29 is 4.79 Å². The SMILES string of the molecule is CCn1cc(NC(=O)N[C@H]2CCN3CCCC[C@@H]23)cn1. The van der Waals surface area contributed by atoms with Crippen molar-refractivity contribution in [2.75, 3.05) is 18.4 Å². The van der Waals surface area contributed by atoms with Crippen molar-refractivity contribution in [3.8, 4) is 0 Å². The fraction of sp³-hybridized carbons (Fsp3) is 0.714. The van der Waals surface area contributed by atoms with Crippen LogP contribution in [0.15, 0.2) is 12.4 Å². The van der Waals surface area contributed by atoms with Crippen LogP contribution < -0.4 is 10.6 Å². The second-order valence-corrected chi connectivity index (χ2v) is 5.68. The number of aromatic nitrogens is 2. The predicted molar refractivity (Wildman–Crippen MR) is 77.7 cm³/mol. The zero-order valence-electron chi connectivity index (χ0n) is 12.0. The van der Waals surface area contributed by atoms with Gasteiger partial charge in [0, 0.05) is 31.4 Å². The molecule has 2 fully saturated rings. The Morgan fingerprint density at radius 1 is 1.40 bits per heavy atom. The van der Waals surface area contributed by atoms with Crippen LogP contribution >= 0.6 is 0 Å². The molecule has 2 aliphatic rings. The smallest absolute Gasteiger partial charge is 0.319 e. The minimum atomic E-state index is -0.113. The number of aryl methyl sites for hydroxylation is 1. The minimum Gasteiger partial charge on any atom is -0.334 e.